The summed E-state index contributed by atoms with van der Waals surface area (Å²) in [6.07, 6.45) is 8.17. The van der Waals surface area contributed by atoms with E-state index in [0.29, 0.717) is 12.2 Å². The first-order valence-corrected chi connectivity index (χ1v) is 11.6. The molecule has 5 nitrogen and oxygen atoms in total. The Balaban J connectivity index is 1.73. The van der Waals surface area contributed by atoms with Crippen LogP contribution in [0.25, 0.3) is 0 Å². The predicted molar refractivity (Wildman–Crippen MR) is 131 cm³/mol. The molecule has 0 atom stereocenters. The molecule has 0 spiro atoms. The molecule has 2 aromatic carbocycles. The summed E-state index contributed by atoms with van der Waals surface area (Å²) in [5.41, 5.74) is 1.31. The Morgan fingerprint density at radius 1 is 0.774 bits per heavy atom. The van der Waals surface area contributed by atoms with Crippen molar-refractivity contribution in [2.24, 2.45) is 0 Å². The molecule has 0 aliphatic heterocycles. The van der Waals surface area contributed by atoms with Crippen LogP contribution < -0.4 is 20.1 Å². The summed E-state index contributed by atoms with van der Waals surface area (Å²) in [5.74, 6) is 1.33. The Morgan fingerprint density at radius 2 is 1.32 bits per heavy atom. The van der Waals surface area contributed by atoms with Crippen molar-refractivity contribution in [3.8, 4) is 11.5 Å². The van der Waals surface area contributed by atoms with Crippen LogP contribution in [0.4, 0.5) is 5.69 Å². The summed E-state index contributed by atoms with van der Waals surface area (Å²) in [6.45, 7) is 5.74. The summed E-state index contributed by atoms with van der Waals surface area (Å²) in [4.78, 5) is 12.4. The maximum atomic E-state index is 12.4. The van der Waals surface area contributed by atoms with Crippen molar-refractivity contribution in [1.29, 1.82) is 0 Å². The quantitative estimate of drug-likeness (QED) is 0.280. The van der Waals surface area contributed by atoms with Crippen LogP contribution in [-0.2, 0) is 0 Å². The molecule has 0 saturated heterocycles. The molecule has 0 heterocycles. The highest BCUT2D eigenvalue weighted by molar-refractivity contribution is 7.80. The van der Waals surface area contributed by atoms with Gasteiger partial charge in [-0.05, 0) is 73.6 Å². The van der Waals surface area contributed by atoms with E-state index in [1.165, 1.54) is 25.7 Å². The average molecular weight is 443 g/mol. The highest BCUT2D eigenvalue weighted by atomic mass is 32.1. The lowest BCUT2D eigenvalue weighted by Crippen LogP contribution is -2.34. The third-order valence-electron chi connectivity index (χ3n) is 4.74. The SMILES string of the molecule is CCCCCCCOc1ccc(NC(=S)NC(=O)c2ccc(OCCCC)cc2)cc1. The lowest BCUT2D eigenvalue weighted by atomic mass is 10.2. The summed E-state index contributed by atoms with van der Waals surface area (Å²) in [6, 6.07) is 14.6. The average Bonchev–Trinajstić information content (AvgIpc) is 2.78. The largest absolute Gasteiger partial charge is 0.494 e. The van der Waals surface area contributed by atoms with Gasteiger partial charge in [-0.15, -0.1) is 0 Å². The van der Waals surface area contributed by atoms with E-state index in [4.69, 9.17) is 21.7 Å². The van der Waals surface area contributed by atoms with Gasteiger partial charge in [-0.3, -0.25) is 10.1 Å². The summed E-state index contributed by atoms with van der Waals surface area (Å²) in [5, 5.41) is 5.97. The Morgan fingerprint density at radius 3 is 1.94 bits per heavy atom. The third-order valence-corrected chi connectivity index (χ3v) is 4.94. The fourth-order valence-corrected chi connectivity index (χ4v) is 3.12. The van der Waals surface area contributed by atoms with Crippen LogP contribution in [0.5, 0.6) is 11.5 Å². The van der Waals surface area contributed by atoms with E-state index in [0.717, 1.165) is 43.1 Å². The van der Waals surface area contributed by atoms with Crippen molar-refractivity contribution in [2.75, 3.05) is 18.5 Å². The number of unbranched alkanes of at least 4 members (excludes halogenated alkanes) is 5. The van der Waals surface area contributed by atoms with Gasteiger partial charge >= 0.3 is 0 Å². The Labute approximate surface area is 191 Å². The van der Waals surface area contributed by atoms with Crippen LogP contribution in [0, 0.1) is 0 Å². The number of thiocarbonyl (C=S) groups is 1. The minimum atomic E-state index is -0.263. The minimum absolute atomic E-state index is 0.248. The molecular weight excluding hydrogens is 408 g/mol. The van der Waals surface area contributed by atoms with Gasteiger partial charge in [0.05, 0.1) is 13.2 Å². The van der Waals surface area contributed by atoms with E-state index in [9.17, 15) is 4.79 Å². The zero-order chi connectivity index (χ0) is 22.3. The van der Waals surface area contributed by atoms with E-state index in [1.807, 2.05) is 24.3 Å². The van der Waals surface area contributed by atoms with E-state index in [-0.39, 0.29) is 11.0 Å². The molecular formula is C25H34N2O3S. The van der Waals surface area contributed by atoms with Crippen molar-refractivity contribution in [3.63, 3.8) is 0 Å². The normalized spacial score (nSPS) is 10.4. The maximum Gasteiger partial charge on any atom is 0.257 e. The number of amides is 1. The Bertz CT molecular complexity index is 791. The second kappa shape index (κ2) is 14.4. The maximum absolute atomic E-state index is 12.4. The highest BCUT2D eigenvalue weighted by Crippen LogP contribution is 2.17. The minimum Gasteiger partial charge on any atom is -0.494 e. The molecule has 0 unspecified atom stereocenters. The van der Waals surface area contributed by atoms with Crippen LogP contribution in [-0.4, -0.2) is 24.2 Å². The van der Waals surface area contributed by atoms with Crippen LogP contribution in [0.2, 0.25) is 0 Å². The van der Waals surface area contributed by atoms with Gasteiger partial charge in [-0.25, -0.2) is 0 Å². The zero-order valence-corrected chi connectivity index (χ0v) is 19.4. The smallest absolute Gasteiger partial charge is 0.257 e. The first-order valence-electron chi connectivity index (χ1n) is 11.2. The van der Waals surface area contributed by atoms with E-state index in [1.54, 1.807) is 24.3 Å². The molecule has 2 N–H and O–H groups in total. The number of ether oxygens (including phenoxy) is 2. The van der Waals surface area contributed by atoms with Crippen molar-refractivity contribution in [1.82, 2.24) is 5.32 Å². The number of benzene rings is 2. The number of hydrogen-bond acceptors (Lipinski definition) is 4. The molecule has 2 rings (SSSR count). The molecule has 0 fully saturated rings. The van der Waals surface area contributed by atoms with Gasteiger partial charge in [0.1, 0.15) is 11.5 Å². The van der Waals surface area contributed by atoms with Crippen molar-refractivity contribution < 1.29 is 14.3 Å². The Hall–Kier alpha value is -2.60. The van der Waals surface area contributed by atoms with Crippen molar-refractivity contribution >= 4 is 28.9 Å². The monoisotopic (exact) mass is 442 g/mol. The van der Waals surface area contributed by atoms with E-state index < -0.39 is 0 Å². The number of carbonyl (C=O) groups excluding carboxylic acids is 1. The van der Waals surface area contributed by atoms with Crippen LogP contribution in [0.15, 0.2) is 48.5 Å². The van der Waals surface area contributed by atoms with Crippen LogP contribution in [0.1, 0.15) is 69.2 Å². The number of rotatable bonds is 13. The molecule has 168 valence electrons. The van der Waals surface area contributed by atoms with Gasteiger partial charge in [0.25, 0.3) is 5.91 Å². The topological polar surface area (TPSA) is 59.6 Å². The van der Waals surface area contributed by atoms with E-state index >= 15 is 0 Å². The highest BCUT2D eigenvalue weighted by Gasteiger charge is 2.08. The molecule has 2 aromatic rings. The zero-order valence-electron chi connectivity index (χ0n) is 18.6. The van der Waals surface area contributed by atoms with Gasteiger partial charge < -0.3 is 14.8 Å². The van der Waals surface area contributed by atoms with E-state index in [2.05, 4.69) is 24.5 Å². The second-order valence-electron chi connectivity index (χ2n) is 7.42. The third kappa shape index (κ3) is 9.83. The van der Waals surface area contributed by atoms with Crippen molar-refractivity contribution in [2.45, 2.75) is 58.8 Å². The fraction of sp³-hybridized carbons (Fsp3) is 0.440. The molecule has 0 radical (unpaired) electrons. The predicted octanol–water partition coefficient (Wildman–Crippen LogP) is 6.34. The number of hydrogen-bond donors (Lipinski definition) is 2. The molecule has 0 aliphatic rings. The van der Waals surface area contributed by atoms with Crippen LogP contribution in [0.3, 0.4) is 0 Å². The van der Waals surface area contributed by atoms with Gasteiger partial charge in [0.2, 0.25) is 0 Å². The van der Waals surface area contributed by atoms with Crippen molar-refractivity contribution in [3.05, 3.63) is 54.1 Å². The van der Waals surface area contributed by atoms with Gasteiger partial charge in [0.15, 0.2) is 5.11 Å². The number of nitrogens with one attached hydrogen (secondary N) is 2. The molecule has 6 heteroatoms. The van der Waals surface area contributed by atoms with Gasteiger partial charge in [-0.1, -0.05) is 46.0 Å². The standard InChI is InChI=1S/C25H34N2O3S/c1-3-5-7-8-9-19-30-23-16-12-21(13-17-23)26-25(31)27-24(28)20-10-14-22(15-11-20)29-18-6-4-2/h10-17H,3-9,18-19H2,1-2H3,(H2,26,27,28,31). The first kappa shape index (κ1) is 24.7. The summed E-state index contributed by atoms with van der Waals surface area (Å²) < 4.78 is 11.4. The molecule has 0 saturated carbocycles. The molecule has 31 heavy (non-hydrogen) atoms. The molecule has 1 amide bonds. The second-order valence-corrected chi connectivity index (χ2v) is 7.83. The first-order chi connectivity index (χ1) is 15.1. The number of carbonyl (C=O) groups is 1. The van der Waals surface area contributed by atoms with Gasteiger partial charge in [0, 0.05) is 11.3 Å². The summed E-state index contributed by atoms with van der Waals surface area (Å²) in [7, 11) is 0. The number of anilines is 1. The fourth-order valence-electron chi connectivity index (χ4n) is 2.90. The van der Waals surface area contributed by atoms with Gasteiger partial charge in [-0.2, -0.15) is 0 Å². The molecule has 0 bridgehead atoms. The lowest BCUT2D eigenvalue weighted by molar-refractivity contribution is 0.0977. The summed E-state index contributed by atoms with van der Waals surface area (Å²) >= 11 is 5.26. The lowest BCUT2D eigenvalue weighted by Gasteiger charge is -2.11. The van der Waals surface area contributed by atoms with Crippen LogP contribution >= 0.6 is 12.2 Å². The Kier molecular flexibility index (Phi) is 11.5. The molecule has 0 aliphatic carbocycles. The molecule has 0 aromatic heterocycles.